The summed E-state index contributed by atoms with van der Waals surface area (Å²) < 4.78 is 38.7. The maximum absolute atomic E-state index is 12.9. The fourth-order valence-electron chi connectivity index (χ4n) is 3.44. The molecule has 2 rings (SSSR count). The van der Waals surface area contributed by atoms with Gasteiger partial charge in [0.2, 0.25) is 0 Å². The monoisotopic (exact) mass is 448 g/mol. The van der Waals surface area contributed by atoms with Gasteiger partial charge in [-0.2, -0.15) is 13.2 Å². The number of nitrogens with zero attached hydrogens (tertiary/aromatic N) is 2. The van der Waals surface area contributed by atoms with Crippen molar-refractivity contribution in [2.45, 2.75) is 25.4 Å². The van der Waals surface area contributed by atoms with Crippen molar-refractivity contribution in [1.29, 1.82) is 0 Å². The Morgan fingerprint density at radius 2 is 1.57 bits per heavy atom. The molecular weight excluding hydrogens is 425 g/mol. The van der Waals surface area contributed by atoms with Gasteiger partial charge in [-0.3, -0.25) is 0 Å². The molecule has 1 aliphatic heterocycles. The van der Waals surface area contributed by atoms with Crippen LogP contribution in [0.25, 0.3) is 0 Å². The summed E-state index contributed by atoms with van der Waals surface area (Å²) in [6.07, 6.45) is -4.21. The Balaban J connectivity index is 0.00000450. The number of allylic oxidation sites excluding steroid dienone is 1. The van der Waals surface area contributed by atoms with Gasteiger partial charge in [0.15, 0.2) is 0 Å². The second-order valence-electron chi connectivity index (χ2n) is 7.13. The van der Waals surface area contributed by atoms with Gasteiger partial charge in [0, 0.05) is 31.4 Å². The summed E-state index contributed by atoms with van der Waals surface area (Å²) in [5.74, 6) is -3.80. The van der Waals surface area contributed by atoms with Crippen LogP contribution >= 0.6 is 12.4 Å². The van der Waals surface area contributed by atoms with Crippen LogP contribution in [0.5, 0.6) is 0 Å². The van der Waals surface area contributed by atoms with Crippen molar-refractivity contribution >= 4 is 24.3 Å². The summed E-state index contributed by atoms with van der Waals surface area (Å²) in [6, 6.07) is 3.95. The Morgan fingerprint density at radius 1 is 1.07 bits per heavy atom. The van der Waals surface area contributed by atoms with E-state index in [1.807, 2.05) is 19.0 Å². The molecule has 0 spiro atoms. The smallest absolute Gasteiger partial charge is 0.416 e. The lowest BCUT2D eigenvalue weighted by atomic mass is 9.79. The average molecular weight is 449 g/mol. The van der Waals surface area contributed by atoms with Gasteiger partial charge < -0.3 is 20.0 Å². The highest BCUT2D eigenvalue weighted by atomic mass is 35.5. The van der Waals surface area contributed by atoms with Crippen LogP contribution in [0, 0.1) is 0 Å². The third-order valence-corrected chi connectivity index (χ3v) is 5.01. The summed E-state index contributed by atoms with van der Waals surface area (Å²) in [6.45, 7) is 2.08. The van der Waals surface area contributed by atoms with Crippen LogP contribution in [-0.2, 0) is 15.8 Å². The van der Waals surface area contributed by atoms with Crippen LogP contribution in [0.1, 0.15) is 30.4 Å². The van der Waals surface area contributed by atoms with Gasteiger partial charge in [0.05, 0.1) is 22.6 Å². The molecule has 1 aliphatic rings. The first kappa shape index (κ1) is 25.5. The van der Waals surface area contributed by atoms with Crippen molar-refractivity contribution < 1.29 is 33.0 Å². The second-order valence-corrected chi connectivity index (χ2v) is 7.13. The highest BCUT2D eigenvalue weighted by molar-refractivity contribution is 5.98. The average Bonchev–Trinajstić information content (AvgIpc) is 2.60. The normalized spacial score (nSPS) is 17.3. The molecular formula is C20H24ClF3N2O4. The van der Waals surface area contributed by atoms with E-state index in [1.54, 1.807) is 14.0 Å². The summed E-state index contributed by atoms with van der Waals surface area (Å²) in [7, 11) is 5.24. The number of halogens is 4. The van der Waals surface area contributed by atoms with E-state index in [9.17, 15) is 33.0 Å². The largest absolute Gasteiger partial charge is 0.478 e. The first-order valence-corrected chi connectivity index (χ1v) is 8.82. The number of alkyl halides is 3. The molecule has 0 bridgehead atoms. The molecule has 0 amide bonds. The van der Waals surface area contributed by atoms with Gasteiger partial charge in [-0.15, -0.1) is 12.4 Å². The van der Waals surface area contributed by atoms with Crippen LogP contribution in [0.3, 0.4) is 0 Å². The first-order valence-electron chi connectivity index (χ1n) is 8.82. The topological polar surface area (TPSA) is 81.1 Å². The molecule has 1 atom stereocenters. The van der Waals surface area contributed by atoms with Crippen molar-refractivity contribution in [2.24, 2.45) is 0 Å². The predicted molar refractivity (Wildman–Crippen MR) is 107 cm³/mol. The predicted octanol–water partition coefficient (Wildman–Crippen LogP) is 3.81. The van der Waals surface area contributed by atoms with Crippen molar-refractivity contribution in [3.8, 4) is 0 Å². The zero-order valence-corrected chi connectivity index (χ0v) is 17.8. The lowest BCUT2D eigenvalue weighted by Gasteiger charge is -2.36. The number of benzene rings is 1. The number of hydrogen-bond donors (Lipinski definition) is 2. The van der Waals surface area contributed by atoms with Gasteiger partial charge >= 0.3 is 18.1 Å². The Hall–Kier alpha value is -2.52. The number of carboxylic acid groups (broad SMARTS) is 2. The van der Waals surface area contributed by atoms with E-state index in [-0.39, 0.29) is 29.1 Å². The number of carboxylic acids is 2. The van der Waals surface area contributed by atoms with Gasteiger partial charge in [0.25, 0.3) is 0 Å². The lowest BCUT2D eigenvalue weighted by molar-refractivity contribution is -0.138. The molecule has 0 radical (unpaired) electrons. The molecule has 0 aliphatic carbocycles. The minimum Gasteiger partial charge on any atom is -0.478 e. The quantitative estimate of drug-likeness (QED) is 0.689. The summed E-state index contributed by atoms with van der Waals surface area (Å²) >= 11 is 0. The maximum atomic E-state index is 12.9. The zero-order chi connectivity index (χ0) is 22.1. The van der Waals surface area contributed by atoms with Crippen molar-refractivity contribution in [3.63, 3.8) is 0 Å². The van der Waals surface area contributed by atoms with Crippen LogP contribution in [0.4, 0.5) is 13.2 Å². The zero-order valence-electron chi connectivity index (χ0n) is 16.9. The summed E-state index contributed by atoms with van der Waals surface area (Å²) in [4.78, 5) is 27.5. The molecule has 10 heteroatoms. The van der Waals surface area contributed by atoms with Crippen molar-refractivity contribution in [1.82, 2.24) is 9.80 Å². The minimum absolute atomic E-state index is 0. The first-order chi connectivity index (χ1) is 13.4. The van der Waals surface area contributed by atoms with E-state index in [0.717, 1.165) is 24.3 Å². The second kappa shape index (κ2) is 9.53. The third kappa shape index (κ3) is 5.14. The van der Waals surface area contributed by atoms with E-state index in [4.69, 9.17) is 0 Å². The molecule has 2 N–H and O–H groups in total. The summed E-state index contributed by atoms with van der Waals surface area (Å²) in [5.41, 5.74) is -0.238. The van der Waals surface area contributed by atoms with Crippen LogP contribution in [-0.4, -0.2) is 59.6 Å². The third-order valence-electron chi connectivity index (χ3n) is 5.01. The number of hydrogen-bond acceptors (Lipinski definition) is 4. The molecule has 0 saturated carbocycles. The molecule has 1 heterocycles. The van der Waals surface area contributed by atoms with E-state index < -0.39 is 29.6 Å². The minimum atomic E-state index is -4.55. The fraction of sp³-hybridized carbons (Fsp3) is 0.400. The molecule has 1 unspecified atom stereocenters. The fourth-order valence-corrected chi connectivity index (χ4v) is 3.44. The van der Waals surface area contributed by atoms with Crippen LogP contribution < -0.4 is 0 Å². The van der Waals surface area contributed by atoms with Crippen molar-refractivity contribution in [2.75, 3.05) is 27.7 Å². The molecule has 1 aromatic carbocycles. The van der Waals surface area contributed by atoms with E-state index in [1.165, 1.54) is 4.90 Å². The van der Waals surface area contributed by atoms with Crippen molar-refractivity contribution in [3.05, 3.63) is 57.9 Å². The van der Waals surface area contributed by atoms with Gasteiger partial charge in [-0.05, 0) is 38.7 Å². The number of aliphatic carboxylic acids is 2. The Labute approximate surface area is 178 Å². The molecule has 1 aromatic rings. The van der Waals surface area contributed by atoms with E-state index in [0.29, 0.717) is 24.4 Å². The Morgan fingerprint density at radius 3 is 1.97 bits per heavy atom. The molecule has 30 heavy (non-hydrogen) atoms. The maximum Gasteiger partial charge on any atom is 0.416 e. The van der Waals surface area contributed by atoms with E-state index >= 15 is 0 Å². The highest BCUT2D eigenvalue weighted by Crippen LogP contribution is 2.43. The standard InChI is InChI=1S/C20H23F3N2O4.ClH/c1-11-15(18(26)27)16(12-5-7-13(8-6-12)20(21,22)23)17(19(28)29)14(25(11)4)9-10-24(2)3;/h5-8,16H,9-10H2,1-4H3,(H,26,27)(H,28,29);1H. The SMILES string of the molecule is CC1=C(C(=O)O)C(c2ccc(C(F)(F)F)cc2)C(C(=O)O)=C(CCN(C)C)N1C.Cl. The highest BCUT2D eigenvalue weighted by Gasteiger charge is 2.40. The molecule has 0 aromatic heterocycles. The Bertz CT molecular complexity index is 877. The molecule has 166 valence electrons. The van der Waals surface area contributed by atoms with Gasteiger partial charge in [-0.25, -0.2) is 9.59 Å². The molecule has 6 nitrogen and oxygen atoms in total. The summed E-state index contributed by atoms with van der Waals surface area (Å²) in [5, 5.41) is 19.7. The van der Waals surface area contributed by atoms with E-state index in [2.05, 4.69) is 0 Å². The Kier molecular flexibility index (Phi) is 8.10. The molecule has 0 saturated heterocycles. The van der Waals surface area contributed by atoms with Crippen LogP contribution in [0.2, 0.25) is 0 Å². The van der Waals surface area contributed by atoms with Gasteiger partial charge in [0.1, 0.15) is 0 Å². The molecule has 0 fully saturated rings. The lowest BCUT2D eigenvalue weighted by Crippen LogP contribution is -2.34. The van der Waals surface area contributed by atoms with Crippen LogP contribution in [0.15, 0.2) is 46.8 Å². The van der Waals surface area contributed by atoms with Gasteiger partial charge in [-0.1, -0.05) is 12.1 Å². The number of carbonyl (C=O) groups is 2. The number of rotatable bonds is 6.